The highest BCUT2D eigenvalue weighted by atomic mass is 19.1. The molecule has 156 valence electrons. The number of H-pyrrole nitrogens is 1. The predicted molar refractivity (Wildman–Crippen MR) is 114 cm³/mol. The van der Waals surface area contributed by atoms with Crippen LogP contribution in [0.2, 0.25) is 0 Å². The van der Waals surface area contributed by atoms with Crippen molar-refractivity contribution in [1.29, 1.82) is 0 Å². The summed E-state index contributed by atoms with van der Waals surface area (Å²) in [4.78, 5) is 6.91. The first-order valence-electron chi connectivity index (χ1n) is 9.69. The number of benzene rings is 3. The molecular formula is C24H18F3N3O. The Hall–Kier alpha value is -3.74. The minimum atomic E-state index is -0.949. The van der Waals surface area contributed by atoms with Crippen molar-refractivity contribution in [1.82, 2.24) is 14.5 Å². The second-order valence-corrected chi connectivity index (χ2v) is 7.65. The lowest BCUT2D eigenvalue weighted by Gasteiger charge is -2.08. The van der Waals surface area contributed by atoms with Crippen molar-refractivity contribution in [2.24, 2.45) is 7.05 Å². The molecule has 1 N–H and O–H groups in total. The van der Waals surface area contributed by atoms with Crippen LogP contribution in [0.5, 0.6) is 11.8 Å². The zero-order chi connectivity index (χ0) is 21.9. The quantitative estimate of drug-likeness (QED) is 0.359. The summed E-state index contributed by atoms with van der Waals surface area (Å²) in [7, 11) is 1.77. The van der Waals surface area contributed by atoms with Crippen LogP contribution in [0.15, 0.2) is 48.7 Å². The molecule has 0 radical (unpaired) electrons. The van der Waals surface area contributed by atoms with Gasteiger partial charge in [-0.05, 0) is 55.3 Å². The van der Waals surface area contributed by atoms with E-state index in [1.165, 1.54) is 12.1 Å². The Kier molecular flexibility index (Phi) is 4.28. The minimum Gasteiger partial charge on any atom is -0.426 e. The molecule has 0 atom stereocenters. The summed E-state index contributed by atoms with van der Waals surface area (Å²) in [5, 5.41) is 0.679. The average molecular weight is 421 g/mol. The van der Waals surface area contributed by atoms with E-state index in [9.17, 15) is 8.78 Å². The number of hydrogen-bond donors (Lipinski definition) is 1. The van der Waals surface area contributed by atoms with Gasteiger partial charge >= 0.3 is 0 Å². The van der Waals surface area contributed by atoms with Crippen LogP contribution in [0, 0.1) is 31.3 Å². The highest BCUT2D eigenvalue weighted by Crippen LogP contribution is 2.36. The van der Waals surface area contributed by atoms with Gasteiger partial charge in [0.2, 0.25) is 0 Å². The fourth-order valence-corrected chi connectivity index (χ4v) is 3.72. The first kappa shape index (κ1) is 19.2. The van der Waals surface area contributed by atoms with Crippen LogP contribution in [0.3, 0.4) is 0 Å². The van der Waals surface area contributed by atoms with Crippen LogP contribution in [-0.4, -0.2) is 14.5 Å². The maximum absolute atomic E-state index is 15.3. The molecule has 0 aliphatic heterocycles. The average Bonchev–Trinajstić information content (AvgIpc) is 3.28. The monoisotopic (exact) mass is 421 g/mol. The lowest BCUT2D eigenvalue weighted by Crippen LogP contribution is -1.96. The lowest BCUT2D eigenvalue weighted by atomic mass is 10.0. The maximum atomic E-state index is 15.3. The molecule has 3 aromatic carbocycles. The molecule has 0 bridgehead atoms. The van der Waals surface area contributed by atoms with Crippen LogP contribution in [0.4, 0.5) is 13.2 Å². The van der Waals surface area contributed by atoms with E-state index < -0.39 is 23.0 Å². The highest BCUT2D eigenvalue weighted by molar-refractivity contribution is 5.89. The van der Waals surface area contributed by atoms with Crippen molar-refractivity contribution in [3.05, 3.63) is 77.2 Å². The Bertz CT molecular complexity index is 1480. The third-order valence-electron chi connectivity index (χ3n) is 5.58. The number of halogens is 3. The van der Waals surface area contributed by atoms with Crippen molar-refractivity contribution in [3.63, 3.8) is 0 Å². The summed E-state index contributed by atoms with van der Waals surface area (Å²) in [6, 6.07) is 11.1. The Morgan fingerprint density at radius 2 is 1.74 bits per heavy atom. The smallest absolute Gasteiger partial charge is 0.300 e. The van der Waals surface area contributed by atoms with Gasteiger partial charge in [-0.3, -0.25) is 0 Å². The summed E-state index contributed by atoms with van der Waals surface area (Å²) in [6.45, 7) is 3.92. The molecule has 4 nitrogen and oxygen atoms in total. The SMILES string of the molecule is Cc1ccc(Oc2nc3c(F)c(-c4cc5ccn(C)c5cc4F)c(F)cc3[nH]2)cc1C. The van der Waals surface area contributed by atoms with Crippen molar-refractivity contribution in [2.45, 2.75) is 13.8 Å². The Morgan fingerprint density at radius 1 is 0.935 bits per heavy atom. The first-order valence-corrected chi connectivity index (χ1v) is 9.69. The van der Waals surface area contributed by atoms with Crippen molar-refractivity contribution >= 4 is 21.9 Å². The number of aromatic nitrogens is 3. The van der Waals surface area contributed by atoms with Gasteiger partial charge in [0.05, 0.1) is 16.6 Å². The van der Waals surface area contributed by atoms with E-state index in [-0.39, 0.29) is 22.6 Å². The molecule has 0 unspecified atom stereocenters. The molecule has 5 rings (SSSR count). The summed E-state index contributed by atoms with van der Waals surface area (Å²) in [5.74, 6) is -2.03. The number of ether oxygens (including phenoxy) is 1. The van der Waals surface area contributed by atoms with Gasteiger partial charge in [-0.2, -0.15) is 4.98 Å². The van der Waals surface area contributed by atoms with Crippen molar-refractivity contribution in [2.75, 3.05) is 0 Å². The largest absolute Gasteiger partial charge is 0.426 e. The third-order valence-corrected chi connectivity index (χ3v) is 5.58. The topological polar surface area (TPSA) is 42.8 Å². The van der Waals surface area contributed by atoms with Crippen LogP contribution < -0.4 is 4.74 Å². The van der Waals surface area contributed by atoms with Gasteiger partial charge in [0.25, 0.3) is 6.01 Å². The molecule has 2 heterocycles. The van der Waals surface area contributed by atoms with E-state index >= 15 is 4.39 Å². The summed E-state index contributed by atoms with van der Waals surface area (Å²) >= 11 is 0. The number of imidazole rings is 1. The number of hydrogen-bond acceptors (Lipinski definition) is 2. The van der Waals surface area contributed by atoms with E-state index in [0.717, 1.165) is 17.2 Å². The summed E-state index contributed by atoms with van der Waals surface area (Å²) in [6.07, 6.45) is 1.76. The van der Waals surface area contributed by atoms with Crippen LogP contribution in [0.1, 0.15) is 11.1 Å². The molecule has 0 aliphatic rings. The van der Waals surface area contributed by atoms with Crippen LogP contribution in [0.25, 0.3) is 33.1 Å². The van der Waals surface area contributed by atoms with Gasteiger partial charge in [0.1, 0.15) is 22.9 Å². The maximum Gasteiger partial charge on any atom is 0.300 e. The number of aromatic amines is 1. The zero-order valence-corrected chi connectivity index (χ0v) is 17.1. The Balaban J connectivity index is 1.62. The third kappa shape index (κ3) is 3.13. The molecule has 31 heavy (non-hydrogen) atoms. The lowest BCUT2D eigenvalue weighted by molar-refractivity contribution is 0.448. The van der Waals surface area contributed by atoms with Crippen molar-refractivity contribution in [3.8, 4) is 22.9 Å². The molecule has 0 aliphatic carbocycles. The normalized spacial score (nSPS) is 11.5. The standard InChI is InChI=1S/C24H18F3N3O/c1-12-4-5-15(8-13(12)2)31-24-28-19-10-18(26)21(22(27)23(19)29-24)16-9-14-6-7-30(3)20(14)11-17(16)25/h4-11H,1-3H3,(H,28,29). The number of rotatable bonds is 3. The number of nitrogens with one attached hydrogen (secondary N) is 1. The van der Waals surface area contributed by atoms with E-state index in [2.05, 4.69) is 9.97 Å². The van der Waals surface area contributed by atoms with Gasteiger partial charge in [0.15, 0.2) is 5.82 Å². The molecule has 0 saturated heterocycles. The van der Waals surface area contributed by atoms with Crippen LogP contribution in [-0.2, 0) is 7.05 Å². The van der Waals surface area contributed by atoms with Gasteiger partial charge in [-0.15, -0.1) is 0 Å². The molecule has 0 fully saturated rings. The molecular weight excluding hydrogens is 403 g/mol. The first-order chi connectivity index (χ1) is 14.8. The fourth-order valence-electron chi connectivity index (χ4n) is 3.72. The van der Waals surface area contributed by atoms with E-state index in [4.69, 9.17) is 4.74 Å². The molecule has 5 aromatic rings. The minimum absolute atomic E-state index is 0.0210. The molecule has 2 aromatic heterocycles. The molecule has 0 saturated carbocycles. The summed E-state index contributed by atoms with van der Waals surface area (Å²) < 4.78 is 52.4. The number of fused-ring (bicyclic) bond motifs is 2. The van der Waals surface area contributed by atoms with Gasteiger partial charge in [0, 0.05) is 30.3 Å². The predicted octanol–water partition coefficient (Wildman–Crippen LogP) is 6.55. The highest BCUT2D eigenvalue weighted by Gasteiger charge is 2.22. The number of nitrogens with zero attached hydrogens (tertiary/aromatic N) is 2. The van der Waals surface area contributed by atoms with Crippen molar-refractivity contribution < 1.29 is 17.9 Å². The van der Waals surface area contributed by atoms with E-state index in [1.54, 1.807) is 29.9 Å². The Morgan fingerprint density at radius 3 is 2.52 bits per heavy atom. The Labute approximate surface area is 175 Å². The second kappa shape index (κ2) is 6.91. The molecule has 7 heteroatoms. The second-order valence-electron chi connectivity index (χ2n) is 7.65. The number of aryl methyl sites for hydroxylation is 3. The van der Waals surface area contributed by atoms with Gasteiger partial charge in [-0.25, -0.2) is 13.2 Å². The summed E-state index contributed by atoms with van der Waals surface area (Å²) in [5.41, 5.74) is 2.15. The van der Waals surface area contributed by atoms with E-state index in [0.29, 0.717) is 16.7 Å². The van der Waals surface area contributed by atoms with E-state index in [1.807, 2.05) is 26.0 Å². The van der Waals surface area contributed by atoms with Gasteiger partial charge < -0.3 is 14.3 Å². The zero-order valence-electron chi connectivity index (χ0n) is 17.1. The molecule has 0 spiro atoms. The van der Waals surface area contributed by atoms with Gasteiger partial charge in [-0.1, -0.05) is 6.07 Å². The fraction of sp³-hybridized carbons (Fsp3) is 0.125. The van der Waals surface area contributed by atoms with Crippen LogP contribution >= 0.6 is 0 Å². The molecule has 0 amide bonds.